The Kier molecular flexibility index (Phi) is 3.08. The third-order valence-corrected chi connectivity index (χ3v) is 3.79. The molecule has 0 amide bonds. The summed E-state index contributed by atoms with van der Waals surface area (Å²) in [5, 5.41) is 4.08. The Morgan fingerprint density at radius 3 is 2.38 bits per heavy atom. The van der Waals surface area contributed by atoms with Crippen LogP contribution in [0.3, 0.4) is 0 Å². The van der Waals surface area contributed by atoms with Gasteiger partial charge in [0.05, 0.1) is 0 Å². The lowest BCUT2D eigenvalue weighted by atomic mass is 9.96. The molecule has 3 rings (SSSR count). The van der Waals surface area contributed by atoms with Gasteiger partial charge >= 0.3 is 6.97 Å². The van der Waals surface area contributed by atoms with Gasteiger partial charge in [0.25, 0.3) is 0 Å². The molecule has 1 aromatic carbocycles. The molecule has 0 saturated heterocycles. The number of anilines is 1. The van der Waals surface area contributed by atoms with Gasteiger partial charge in [-0.15, -0.1) is 0 Å². The molecule has 0 aliphatic carbocycles. The zero-order chi connectivity index (χ0) is 15.2. The van der Waals surface area contributed by atoms with Crippen LogP contribution in [0.5, 0.6) is 0 Å². The van der Waals surface area contributed by atoms with Gasteiger partial charge in [-0.1, -0.05) is 6.92 Å². The number of hydrogen-bond donors (Lipinski definition) is 0. The summed E-state index contributed by atoms with van der Waals surface area (Å²) in [7, 11) is 3.82. The lowest BCUT2D eigenvalue weighted by Gasteiger charge is -2.18. The van der Waals surface area contributed by atoms with Crippen molar-refractivity contribution in [1.82, 2.24) is 4.48 Å². The SMILES string of the molecule is CCc1ccc2n1[B-](F)(F)[N+](c1ccc(N(C)C)cc1)=N2. The highest BCUT2D eigenvalue weighted by molar-refractivity contribution is 6.57. The minimum Gasteiger partial charge on any atom is -0.388 e. The number of hydrogen-bond acceptors (Lipinski definition) is 2. The Bertz CT molecular complexity index is 704. The summed E-state index contributed by atoms with van der Waals surface area (Å²) in [5.74, 6) is 0.313. The van der Waals surface area contributed by atoms with Gasteiger partial charge in [-0.05, 0) is 41.5 Å². The van der Waals surface area contributed by atoms with E-state index in [1.807, 2.05) is 38.1 Å². The van der Waals surface area contributed by atoms with Crippen LogP contribution in [0.15, 0.2) is 41.5 Å². The Hall–Kier alpha value is -2.18. The summed E-state index contributed by atoms with van der Waals surface area (Å²) >= 11 is 0. The van der Waals surface area contributed by atoms with Crippen LogP contribution in [0.2, 0.25) is 0 Å². The molecule has 4 nitrogen and oxygen atoms in total. The van der Waals surface area contributed by atoms with Gasteiger partial charge in [0.15, 0.2) is 11.5 Å². The van der Waals surface area contributed by atoms with Crippen molar-refractivity contribution in [3.63, 3.8) is 0 Å². The standard InChI is InChI=1S/C14H17BF2N4/c1-4-11-9-10-14-18-21(15(16,17)20(11)14)13-7-5-12(6-8-13)19(2)3/h5-10H,4H2,1-3H3. The van der Waals surface area contributed by atoms with Gasteiger partial charge in [-0.2, -0.15) is 0 Å². The number of benzene rings is 1. The van der Waals surface area contributed by atoms with Gasteiger partial charge in [0.2, 0.25) is 0 Å². The van der Waals surface area contributed by atoms with Crippen LogP contribution in [-0.4, -0.2) is 30.2 Å². The van der Waals surface area contributed by atoms with E-state index in [1.165, 1.54) is 0 Å². The number of halogens is 2. The molecule has 0 atom stereocenters. The van der Waals surface area contributed by atoms with E-state index >= 15 is 0 Å². The second-order valence-corrected chi connectivity index (χ2v) is 5.35. The van der Waals surface area contributed by atoms with E-state index in [4.69, 9.17) is 0 Å². The molecule has 0 saturated carbocycles. The van der Waals surface area contributed by atoms with E-state index in [0.29, 0.717) is 23.6 Å². The molecule has 21 heavy (non-hydrogen) atoms. The summed E-state index contributed by atoms with van der Waals surface area (Å²) in [5.41, 5.74) is 1.96. The van der Waals surface area contributed by atoms with Crippen molar-refractivity contribution in [2.24, 2.45) is 5.11 Å². The molecular weight excluding hydrogens is 273 g/mol. The Balaban J connectivity index is 2.03. The van der Waals surface area contributed by atoms with Crippen LogP contribution in [0.1, 0.15) is 12.6 Å². The van der Waals surface area contributed by atoms with Gasteiger partial charge in [0.1, 0.15) is 0 Å². The van der Waals surface area contributed by atoms with Crippen molar-refractivity contribution in [3.8, 4) is 0 Å². The first-order valence-electron chi connectivity index (χ1n) is 6.96. The Labute approximate surface area is 122 Å². The van der Waals surface area contributed by atoms with Gasteiger partial charge in [-0.25, -0.2) is 4.61 Å². The molecular formula is C14H17BF2N4. The van der Waals surface area contributed by atoms with Gasteiger partial charge in [-0.3, -0.25) is 0 Å². The third-order valence-electron chi connectivity index (χ3n) is 3.79. The van der Waals surface area contributed by atoms with Crippen LogP contribution in [0.25, 0.3) is 0 Å². The lowest BCUT2D eigenvalue weighted by Crippen LogP contribution is -2.41. The van der Waals surface area contributed by atoms with E-state index in [1.54, 1.807) is 24.3 Å². The highest BCUT2D eigenvalue weighted by atomic mass is 19.2. The van der Waals surface area contributed by atoms with Crippen LogP contribution in [0.4, 0.5) is 25.8 Å². The van der Waals surface area contributed by atoms with Crippen molar-refractivity contribution < 1.29 is 13.2 Å². The zero-order valence-electron chi connectivity index (χ0n) is 12.3. The number of nitrogens with zero attached hydrogens (tertiary/aromatic N) is 4. The highest BCUT2D eigenvalue weighted by Crippen LogP contribution is 2.37. The summed E-state index contributed by atoms with van der Waals surface area (Å²) in [4.78, 5) is 1.92. The second kappa shape index (κ2) is 4.68. The van der Waals surface area contributed by atoms with E-state index in [0.717, 1.165) is 14.8 Å². The van der Waals surface area contributed by atoms with Gasteiger partial charge in [0, 0.05) is 31.9 Å². The fourth-order valence-corrected chi connectivity index (χ4v) is 2.64. The lowest BCUT2D eigenvalue weighted by molar-refractivity contribution is -0.396. The predicted molar refractivity (Wildman–Crippen MR) is 80.0 cm³/mol. The fourth-order valence-electron chi connectivity index (χ4n) is 2.64. The number of fused-ring (bicyclic) bond motifs is 1. The summed E-state index contributed by atoms with van der Waals surface area (Å²) in [6, 6.07) is 10.3. The van der Waals surface area contributed by atoms with Crippen molar-refractivity contribution in [2.45, 2.75) is 13.3 Å². The maximum Gasteiger partial charge on any atom is 0.763 e. The van der Waals surface area contributed by atoms with E-state index < -0.39 is 6.97 Å². The average molecular weight is 290 g/mol. The topological polar surface area (TPSA) is 23.5 Å². The van der Waals surface area contributed by atoms with Crippen LogP contribution < -0.4 is 4.90 Å². The third kappa shape index (κ3) is 2.04. The molecule has 0 N–H and O–H groups in total. The minimum atomic E-state index is -3.92. The van der Waals surface area contributed by atoms with E-state index in [9.17, 15) is 8.63 Å². The fraction of sp³-hybridized carbons (Fsp3) is 0.286. The first-order valence-corrected chi connectivity index (χ1v) is 6.96. The number of aromatic nitrogens is 1. The maximum absolute atomic E-state index is 14.7. The number of aryl methyl sites for hydroxylation is 1. The molecule has 2 aromatic rings. The molecule has 7 heteroatoms. The van der Waals surface area contributed by atoms with Crippen molar-refractivity contribution in [2.75, 3.05) is 19.0 Å². The van der Waals surface area contributed by atoms with Crippen LogP contribution in [-0.2, 0) is 6.42 Å². The van der Waals surface area contributed by atoms with E-state index in [-0.39, 0.29) is 0 Å². The number of azo groups is 1. The smallest absolute Gasteiger partial charge is 0.388 e. The largest absolute Gasteiger partial charge is 0.763 e. The molecule has 0 unspecified atom stereocenters. The quantitative estimate of drug-likeness (QED) is 0.789. The molecule has 2 heterocycles. The summed E-state index contributed by atoms with van der Waals surface area (Å²) in [6.45, 7) is -2.05. The Morgan fingerprint density at radius 1 is 1.14 bits per heavy atom. The zero-order valence-corrected chi connectivity index (χ0v) is 12.3. The van der Waals surface area contributed by atoms with Gasteiger partial charge < -0.3 is 18.0 Å². The monoisotopic (exact) mass is 290 g/mol. The van der Waals surface area contributed by atoms with Crippen molar-refractivity contribution in [3.05, 3.63) is 42.1 Å². The maximum atomic E-state index is 14.7. The van der Waals surface area contributed by atoms with Crippen molar-refractivity contribution in [1.29, 1.82) is 0 Å². The van der Waals surface area contributed by atoms with E-state index in [2.05, 4.69) is 5.11 Å². The minimum absolute atomic E-state index is 0.313. The van der Waals surface area contributed by atoms with Crippen LogP contribution in [0, 0.1) is 0 Å². The average Bonchev–Trinajstić information content (AvgIpc) is 2.98. The van der Waals surface area contributed by atoms with Crippen molar-refractivity contribution >= 4 is 24.2 Å². The molecule has 0 radical (unpaired) electrons. The first-order chi connectivity index (χ1) is 9.95. The summed E-state index contributed by atoms with van der Waals surface area (Å²) < 4.78 is 31.2. The molecule has 0 fully saturated rings. The normalized spacial score (nSPS) is 15.8. The molecule has 0 spiro atoms. The second-order valence-electron chi connectivity index (χ2n) is 5.35. The predicted octanol–water partition coefficient (Wildman–Crippen LogP) is 3.78. The molecule has 1 aliphatic heterocycles. The highest BCUT2D eigenvalue weighted by Gasteiger charge is 2.53. The Morgan fingerprint density at radius 2 is 1.81 bits per heavy atom. The number of rotatable bonds is 3. The molecule has 0 bridgehead atoms. The molecule has 1 aromatic heterocycles. The first kappa shape index (κ1) is 13.8. The molecule has 110 valence electrons. The molecule has 1 aliphatic rings. The van der Waals surface area contributed by atoms with Crippen LogP contribution >= 0.6 is 0 Å². The summed E-state index contributed by atoms with van der Waals surface area (Å²) in [6.07, 6.45) is 0.556.